The van der Waals surface area contributed by atoms with E-state index in [1.54, 1.807) is 25.3 Å². The average molecular weight is 338 g/mol. The lowest BCUT2D eigenvalue weighted by Crippen LogP contribution is -2.30. The highest BCUT2D eigenvalue weighted by atomic mass is 16.5. The van der Waals surface area contributed by atoms with Crippen molar-refractivity contribution in [3.8, 4) is 11.5 Å². The van der Waals surface area contributed by atoms with E-state index in [9.17, 15) is 4.79 Å². The number of hydrogen-bond acceptors (Lipinski definition) is 3. The Hall–Kier alpha value is -2.95. The van der Waals surface area contributed by atoms with Crippen LogP contribution in [0.5, 0.6) is 11.5 Å². The summed E-state index contributed by atoms with van der Waals surface area (Å²) in [6, 6.07) is 11.6. The maximum absolute atomic E-state index is 13.2. The average Bonchev–Trinajstić information content (AvgIpc) is 3.03. The summed E-state index contributed by atoms with van der Waals surface area (Å²) in [6.07, 6.45) is 1.74. The van der Waals surface area contributed by atoms with Crippen molar-refractivity contribution in [1.29, 1.82) is 0 Å². The number of fused-ring (bicyclic) bond motifs is 1. The molecule has 5 heteroatoms. The first-order valence-corrected chi connectivity index (χ1v) is 8.20. The third kappa shape index (κ3) is 3.05. The van der Waals surface area contributed by atoms with Gasteiger partial charge in [-0.15, -0.1) is 0 Å². The minimum Gasteiger partial charge on any atom is -0.493 e. The van der Waals surface area contributed by atoms with Gasteiger partial charge in [0.2, 0.25) is 0 Å². The number of aromatic amines is 1. The molecule has 2 aromatic carbocycles. The van der Waals surface area contributed by atoms with Crippen molar-refractivity contribution in [3.05, 3.63) is 53.7 Å². The molecule has 3 rings (SSSR count). The molecule has 0 unspecified atom stereocenters. The maximum Gasteiger partial charge on any atom is 0.260 e. The van der Waals surface area contributed by atoms with E-state index in [2.05, 4.69) is 4.98 Å². The summed E-state index contributed by atoms with van der Waals surface area (Å²) in [5.74, 6) is 1.18. The largest absolute Gasteiger partial charge is 0.493 e. The van der Waals surface area contributed by atoms with E-state index in [1.807, 2.05) is 50.2 Å². The summed E-state index contributed by atoms with van der Waals surface area (Å²) in [4.78, 5) is 18.1. The van der Waals surface area contributed by atoms with Crippen LogP contribution in [-0.2, 0) is 0 Å². The van der Waals surface area contributed by atoms with E-state index in [-0.39, 0.29) is 5.91 Å². The number of carbonyl (C=O) groups is 1. The second-order valence-corrected chi connectivity index (χ2v) is 5.84. The highest BCUT2D eigenvalue weighted by molar-refractivity contribution is 6.14. The topological polar surface area (TPSA) is 54.6 Å². The summed E-state index contributed by atoms with van der Waals surface area (Å²) < 4.78 is 10.7. The molecule has 0 atom stereocenters. The molecule has 1 aromatic heterocycles. The molecule has 5 nitrogen and oxygen atoms in total. The molecule has 130 valence electrons. The zero-order valence-corrected chi connectivity index (χ0v) is 14.9. The van der Waals surface area contributed by atoms with Crippen LogP contribution in [0.25, 0.3) is 10.9 Å². The van der Waals surface area contributed by atoms with E-state index in [1.165, 1.54) is 0 Å². The smallest absolute Gasteiger partial charge is 0.260 e. The molecule has 25 heavy (non-hydrogen) atoms. The van der Waals surface area contributed by atoms with Crippen LogP contribution in [0.15, 0.2) is 42.6 Å². The van der Waals surface area contributed by atoms with Gasteiger partial charge in [0.1, 0.15) is 0 Å². The van der Waals surface area contributed by atoms with Crippen molar-refractivity contribution >= 4 is 22.5 Å². The molecule has 0 saturated heterocycles. The van der Waals surface area contributed by atoms with Crippen LogP contribution in [0.2, 0.25) is 0 Å². The number of aryl methyl sites for hydroxylation is 1. The van der Waals surface area contributed by atoms with Crippen molar-refractivity contribution in [1.82, 2.24) is 4.98 Å². The highest BCUT2D eigenvalue weighted by Gasteiger charge is 2.21. The Bertz CT molecular complexity index is 914. The molecule has 0 saturated carbocycles. The van der Waals surface area contributed by atoms with Crippen LogP contribution in [0.3, 0.4) is 0 Å². The predicted molar refractivity (Wildman–Crippen MR) is 99.9 cm³/mol. The van der Waals surface area contributed by atoms with Gasteiger partial charge in [0.25, 0.3) is 5.91 Å². The van der Waals surface area contributed by atoms with Crippen LogP contribution in [0, 0.1) is 6.92 Å². The van der Waals surface area contributed by atoms with E-state index in [0.29, 0.717) is 23.6 Å². The number of carbonyl (C=O) groups excluding carboxylic acids is 1. The molecule has 0 radical (unpaired) electrons. The van der Waals surface area contributed by atoms with Crippen LogP contribution < -0.4 is 14.4 Å². The van der Waals surface area contributed by atoms with E-state index < -0.39 is 0 Å². The molecule has 1 amide bonds. The molecular formula is C20H22N2O3. The minimum atomic E-state index is -0.0495. The van der Waals surface area contributed by atoms with Gasteiger partial charge in [-0.05, 0) is 37.6 Å². The summed E-state index contributed by atoms with van der Waals surface area (Å²) >= 11 is 0. The number of nitrogens with one attached hydrogen (secondary N) is 1. The number of ether oxygens (including phenoxy) is 2. The summed E-state index contributed by atoms with van der Waals surface area (Å²) in [5, 5.41) is 0.814. The van der Waals surface area contributed by atoms with Crippen molar-refractivity contribution in [3.63, 3.8) is 0 Å². The number of aromatic nitrogens is 1. The Kier molecular flexibility index (Phi) is 4.65. The van der Waals surface area contributed by atoms with Crippen molar-refractivity contribution in [2.75, 3.05) is 25.7 Å². The second-order valence-electron chi connectivity index (χ2n) is 5.84. The van der Waals surface area contributed by atoms with Gasteiger partial charge in [-0.1, -0.05) is 12.1 Å². The molecule has 1 N–H and O–H groups in total. The van der Waals surface area contributed by atoms with E-state index in [0.717, 1.165) is 22.2 Å². The summed E-state index contributed by atoms with van der Waals surface area (Å²) in [6.45, 7) is 4.57. The van der Waals surface area contributed by atoms with Gasteiger partial charge in [-0.3, -0.25) is 4.79 Å². The Morgan fingerprint density at radius 3 is 2.48 bits per heavy atom. The predicted octanol–water partition coefficient (Wildman–Crippen LogP) is 4.16. The highest BCUT2D eigenvalue weighted by Crippen LogP contribution is 2.34. The standard InChI is InChI=1S/C20H22N2O3/c1-5-22(14-8-6-7-13(2)9-14)20(23)16-12-21-17-11-19(25-4)18(24-3)10-15(16)17/h6-12,21H,5H2,1-4H3. The second kappa shape index (κ2) is 6.89. The fourth-order valence-electron chi connectivity index (χ4n) is 3.01. The number of hydrogen-bond donors (Lipinski definition) is 1. The van der Waals surface area contributed by atoms with Gasteiger partial charge in [-0.2, -0.15) is 0 Å². The van der Waals surface area contributed by atoms with E-state index in [4.69, 9.17) is 9.47 Å². The lowest BCUT2D eigenvalue weighted by molar-refractivity contribution is 0.0990. The quantitative estimate of drug-likeness (QED) is 0.760. The zero-order valence-electron chi connectivity index (χ0n) is 14.9. The molecule has 0 aliphatic heterocycles. The van der Waals surface area contributed by atoms with Gasteiger partial charge >= 0.3 is 0 Å². The van der Waals surface area contributed by atoms with Crippen LogP contribution in [0.4, 0.5) is 5.69 Å². The third-order valence-electron chi connectivity index (χ3n) is 4.29. The van der Waals surface area contributed by atoms with Gasteiger partial charge in [0.15, 0.2) is 11.5 Å². The Morgan fingerprint density at radius 1 is 1.12 bits per heavy atom. The monoisotopic (exact) mass is 338 g/mol. The lowest BCUT2D eigenvalue weighted by atomic mass is 10.1. The van der Waals surface area contributed by atoms with Crippen molar-refractivity contribution < 1.29 is 14.3 Å². The first-order valence-electron chi connectivity index (χ1n) is 8.20. The number of methoxy groups -OCH3 is 2. The molecule has 1 heterocycles. The van der Waals surface area contributed by atoms with Gasteiger partial charge in [0, 0.05) is 29.9 Å². The number of rotatable bonds is 5. The SMILES string of the molecule is CCN(C(=O)c1c[nH]c2cc(OC)c(OC)cc12)c1cccc(C)c1. The third-order valence-corrected chi connectivity index (χ3v) is 4.29. The fraction of sp³-hybridized carbons (Fsp3) is 0.250. The van der Waals surface area contributed by atoms with Crippen molar-refractivity contribution in [2.45, 2.75) is 13.8 Å². The van der Waals surface area contributed by atoms with Gasteiger partial charge in [-0.25, -0.2) is 0 Å². The number of amides is 1. The lowest BCUT2D eigenvalue weighted by Gasteiger charge is -2.21. The Labute approximate surface area is 147 Å². The zero-order chi connectivity index (χ0) is 18.0. The summed E-state index contributed by atoms with van der Waals surface area (Å²) in [5.41, 5.74) is 3.46. The molecule has 0 aliphatic carbocycles. The number of H-pyrrole nitrogens is 1. The Morgan fingerprint density at radius 2 is 1.84 bits per heavy atom. The normalized spacial score (nSPS) is 10.7. The Balaban J connectivity index is 2.07. The van der Waals surface area contributed by atoms with Crippen LogP contribution in [0.1, 0.15) is 22.8 Å². The van der Waals surface area contributed by atoms with Crippen LogP contribution in [-0.4, -0.2) is 31.7 Å². The van der Waals surface area contributed by atoms with Crippen LogP contribution >= 0.6 is 0 Å². The van der Waals surface area contributed by atoms with Gasteiger partial charge in [0.05, 0.1) is 25.3 Å². The molecule has 0 spiro atoms. The molecular weight excluding hydrogens is 316 g/mol. The molecule has 3 aromatic rings. The number of nitrogens with zero attached hydrogens (tertiary/aromatic N) is 1. The fourth-order valence-corrected chi connectivity index (χ4v) is 3.01. The molecule has 0 fully saturated rings. The van der Waals surface area contributed by atoms with Crippen molar-refractivity contribution in [2.24, 2.45) is 0 Å². The molecule has 0 aliphatic rings. The molecule has 0 bridgehead atoms. The van der Waals surface area contributed by atoms with E-state index >= 15 is 0 Å². The summed E-state index contributed by atoms with van der Waals surface area (Å²) in [7, 11) is 3.18. The first-order chi connectivity index (χ1) is 12.1. The minimum absolute atomic E-state index is 0.0495. The maximum atomic E-state index is 13.2. The first kappa shape index (κ1) is 16.9. The number of benzene rings is 2. The number of anilines is 1. The van der Waals surface area contributed by atoms with Gasteiger partial charge < -0.3 is 19.4 Å².